The van der Waals surface area contributed by atoms with Gasteiger partial charge in [0.25, 0.3) is 11.6 Å². The third-order valence-electron chi connectivity index (χ3n) is 4.61. The molecule has 0 aliphatic carbocycles. The van der Waals surface area contributed by atoms with Crippen molar-refractivity contribution in [2.45, 2.75) is 6.54 Å². The molecule has 0 saturated heterocycles. The number of amides is 1. The largest absolute Gasteiger partial charge is 0.348 e. The highest BCUT2D eigenvalue weighted by Gasteiger charge is 2.16. The van der Waals surface area contributed by atoms with Crippen molar-refractivity contribution >= 4 is 34.5 Å². The molecule has 0 radical (unpaired) electrons. The predicted molar refractivity (Wildman–Crippen MR) is 122 cm³/mol. The minimum atomic E-state index is -0.561. The van der Waals surface area contributed by atoms with E-state index in [2.05, 4.69) is 5.32 Å². The van der Waals surface area contributed by atoms with Gasteiger partial charge in [-0.05, 0) is 17.7 Å². The van der Waals surface area contributed by atoms with Gasteiger partial charge < -0.3 is 5.32 Å². The van der Waals surface area contributed by atoms with Gasteiger partial charge in [0.2, 0.25) is 0 Å². The van der Waals surface area contributed by atoms with Crippen LogP contribution in [-0.4, -0.2) is 15.8 Å². The van der Waals surface area contributed by atoms with E-state index >= 15 is 0 Å². The molecule has 0 bridgehead atoms. The monoisotopic (exact) mass is 449 g/mol. The molecule has 1 heterocycles. The first kappa shape index (κ1) is 20.7. The summed E-state index contributed by atoms with van der Waals surface area (Å²) in [5.41, 5.74) is 3.69. The summed E-state index contributed by atoms with van der Waals surface area (Å²) in [6, 6.07) is 21.5. The Morgan fingerprint density at radius 3 is 2.58 bits per heavy atom. The van der Waals surface area contributed by atoms with Crippen molar-refractivity contribution in [3.8, 4) is 21.8 Å². The number of carbonyl (C=O) groups excluding carboxylic acids is 1. The van der Waals surface area contributed by atoms with Gasteiger partial charge >= 0.3 is 0 Å². The van der Waals surface area contributed by atoms with Crippen molar-refractivity contribution in [3.63, 3.8) is 0 Å². The zero-order chi connectivity index (χ0) is 21.8. The molecule has 1 amide bonds. The number of nitrogens with zero attached hydrogens (tertiary/aromatic N) is 2. The number of nitrogens with one attached hydrogen (secondary N) is 1. The van der Waals surface area contributed by atoms with Gasteiger partial charge in [-0.25, -0.2) is 4.98 Å². The molecule has 0 spiro atoms. The Kier molecular flexibility index (Phi) is 6.06. The van der Waals surface area contributed by atoms with Crippen molar-refractivity contribution in [3.05, 3.63) is 104 Å². The number of rotatable bonds is 6. The Morgan fingerprint density at radius 1 is 1.03 bits per heavy atom. The molecule has 0 saturated carbocycles. The Balaban J connectivity index is 1.49. The first-order valence-electron chi connectivity index (χ1n) is 9.33. The van der Waals surface area contributed by atoms with Crippen LogP contribution in [0.15, 0.2) is 78.2 Å². The normalized spacial score (nSPS) is 10.6. The quantitative estimate of drug-likeness (QED) is 0.290. The number of aromatic nitrogens is 1. The second-order valence-electron chi connectivity index (χ2n) is 6.71. The first-order chi connectivity index (χ1) is 15.0. The van der Waals surface area contributed by atoms with Crippen LogP contribution in [0.3, 0.4) is 0 Å². The van der Waals surface area contributed by atoms with Crippen molar-refractivity contribution in [1.29, 1.82) is 0 Å². The molecule has 0 aliphatic rings. The number of nitro groups is 1. The number of non-ortho nitro benzene ring substituents is 1. The third-order valence-corrected chi connectivity index (χ3v) is 5.83. The smallest absolute Gasteiger partial charge is 0.270 e. The summed E-state index contributed by atoms with van der Waals surface area (Å²) >= 11 is 7.60. The molecular formula is C23H16ClN3O3S. The van der Waals surface area contributed by atoms with E-state index in [-0.39, 0.29) is 22.8 Å². The van der Waals surface area contributed by atoms with Gasteiger partial charge in [-0.15, -0.1) is 11.3 Å². The number of nitro benzene ring substituents is 1. The number of carbonyl (C=O) groups is 1. The van der Waals surface area contributed by atoms with Gasteiger partial charge in [0.15, 0.2) is 0 Å². The van der Waals surface area contributed by atoms with Crippen LogP contribution in [0.5, 0.6) is 0 Å². The molecule has 1 aromatic heterocycles. The lowest BCUT2D eigenvalue weighted by Crippen LogP contribution is -2.23. The Morgan fingerprint density at radius 2 is 1.81 bits per heavy atom. The van der Waals surface area contributed by atoms with E-state index < -0.39 is 10.8 Å². The third kappa shape index (κ3) is 4.79. The van der Waals surface area contributed by atoms with Crippen LogP contribution in [0, 0.1) is 10.1 Å². The molecular weight excluding hydrogens is 434 g/mol. The highest BCUT2D eigenvalue weighted by Crippen LogP contribution is 2.29. The summed E-state index contributed by atoms with van der Waals surface area (Å²) in [6.07, 6.45) is 0. The fourth-order valence-electron chi connectivity index (χ4n) is 3.04. The van der Waals surface area contributed by atoms with Gasteiger partial charge in [0.1, 0.15) is 5.01 Å². The van der Waals surface area contributed by atoms with Crippen LogP contribution in [-0.2, 0) is 6.54 Å². The van der Waals surface area contributed by atoms with E-state index in [9.17, 15) is 14.9 Å². The van der Waals surface area contributed by atoms with Gasteiger partial charge in [-0.2, -0.15) is 0 Å². The fourth-order valence-corrected chi connectivity index (χ4v) is 4.07. The molecule has 4 rings (SSSR count). The molecule has 31 heavy (non-hydrogen) atoms. The maximum atomic E-state index is 12.5. The molecule has 6 nitrogen and oxygen atoms in total. The number of halogens is 1. The van der Waals surface area contributed by atoms with Crippen LogP contribution < -0.4 is 5.32 Å². The maximum absolute atomic E-state index is 12.5. The molecule has 0 fully saturated rings. The van der Waals surface area contributed by atoms with Crippen molar-refractivity contribution in [2.24, 2.45) is 0 Å². The average Bonchev–Trinajstić information content (AvgIpc) is 3.29. The van der Waals surface area contributed by atoms with Crippen LogP contribution in [0.1, 0.15) is 15.9 Å². The second kappa shape index (κ2) is 9.07. The second-order valence-corrected chi connectivity index (χ2v) is 7.97. The topological polar surface area (TPSA) is 85.1 Å². The molecule has 0 unspecified atom stereocenters. The first-order valence-corrected chi connectivity index (χ1v) is 10.6. The van der Waals surface area contributed by atoms with E-state index in [0.717, 1.165) is 27.4 Å². The van der Waals surface area contributed by atoms with Crippen molar-refractivity contribution in [2.75, 3.05) is 0 Å². The maximum Gasteiger partial charge on any atom is 0.270 e. The molecule has 1 N–H and O–H groups in total. The van der Waals surface area contributed by atoms with E-state index in [1.165, 1.54) is 18.2 Å². The molecule has 8 heteroatoms. The predicted octanol–water partition coefficient (Wildman–Crippen LogP) is 5.97. The van der Waals surface area contributed by atoms with Gasteiger partial charge in [-0.1, -0.05) is 60.1 Å². The zero-order valence-corrected chi connectivity index (χ0v) is 17.7. The minimum absolute atomic E-state index is 0.0689. The van der Waals surface area contributed by atoms with E-state index in [0.29, 0.717) is 0 Å². The summed E-state index contributed by atoms with van der Waals surface area (Å²) in [4.78, 5) is 27.6. The van der Waals surface area contributed by atoms with Crippen LogP contribution >= 0.6 is 22.9 Å². The number of thiazole rings is 1. The summed E-state index contributed by atoms with van der Waals surface area (Å²) in [5.74, 6) is -0.472. The summed E-state index contributed by atoms with van der Waals surface area (Å²) in [5, 5.41) is 16.8. The van der Waals surface area contributed by atoms with Crippen molar-refractivity contribution in [1.82, 2.24) is 10.3 Å². The standard InChI is InChI=1S/C23H16ClN3O3S/c24-20-10-9-18(27(29)30)12-19(20)22(28)25-13-15-5-4-8-17(11-15)23-26-21(14-31-23)16-6-2-1-3-7-16/h1-12,14H,13H2,(H,25,28). The van der Waals surface area contributed by atoms with E-state index in [4.69, 9.17) is 16.6 Å². The van der Waals surface area contributed by atoms with Crippen LogP contribution in [0.4, 0.5) is 5.69 Å². The SMILES string of the molecule is O=C(NCc1cccc(-c2nc(-c3ccccc3)cs2)c1)c1cc([N+](=O)[O-])ccc1Cl. The van der Waals surface area contributed by atoms with E-state index in [1.807, 2.05) is 60.0 Å². The number of hydrogen-bond donors (Lipinski definition) is 1. The molecule has 0 aliphatic heterocycles. The van der Waals surface area contributed by atoms with Gasteiger partial charge in [-0.3, -0.25) is 14.9 Å². The summed E-state index contributed by atoms with van der Waals surface area (Å²) < 4.78 is 0. The van der Waals surface area contributed by atoms with E-state index in [1.54, 1.807) is 11.3 Å². The average molecular weight is 450 g/mol. The number of benzene rings is 3. The zero-order valence-electron chi connectivity index (χ0n) is 16.1. The lowest BCUT2D eigenvalue weighted by atomic mass is 10.1. The summed E-state index contributed by atoms with van der Waals surface area (Å²) in [7, 11) is 0. The highest BCUT2D eigenvalue weighted by molar-refractivity contribution is 7.13. The Bertz CT molecular complexity index is 1260. The number of hydrogen-bond acceptors (Lipinski definition) is 5. The van der Waals surface area contributed by atoms with Gasteiger partial charge in [0.05, 0.1) is 21.2 Å². The Labute approximate surface area is 187 Å². The highest BCUT2D eigenvalue weighted by atomic mass is 35.5. The molecule has 0 atom stereocenters. The molecule has 154 valence electrons. The lowest BCUT2D eigenvalue weighted by Gasteiger charge is -2.08. The Hall–Kier alpha value is -3.55. The fraction of sp³-hybridized carbons (Fsp3) is 0.0435. The summed E-state index contributed by atoms with van der Waals surface area (Å²) in [6.45, 7) is 0.253. The molecule has 4 aromatic rings. The van der Waals surface area contributed by atoms with Crippen LogP contribution in [0.2, 0.25) is 5.02 Å². The van der Waals surface area contributed by atoms with Gasteiger partial charge in [0, 0.05) is 35.2 Å². The van der Waals surface area contributed by atoms with Crippen molar-refractivity contribution < 1.29 is 9.72 Å². The van der Waals surface area contributed by atoms with Crippen LogP contribution in [0.25, 0.3) is 21.8 Å². The lowest BCUT2D eigenvalue weighted by molar-refractivity contribution is -0.384. The minimum Gasteiger partial charge on any atom is -0.348 e. The molecule has 3 aromatic carbocycles.